The van der Waals surface area contributed by atoms with Crippen LogP contribution in [0, 0.1) is 17.3 Å². The summed E-state index contributed by atoms with van der Waals surface area (Å²) < 4.78 is 0. The summed E-state index contributed by atoms with van der Waals surface area (Å²) in [4.78, 5) is 0. The van der Waals surface area contributed by atoms with Crippen molar-refractivity contribution in [2.45, 2.75) is 27.7 Å². The van der Waals surface area contributed by atoms with Crippen LogP contribution in [0.3, 0.4) is 0 Å². The van der Waals surface area contributed by atoms with Crippen LogP contribution < -0.4 is 0 Å². The molecule has 0 heteroatoms. The molecule has 0 N–H and O–H groups in total. The minimum absolute atomic E-state index is 0.403. The van der Waals surface area contributed by atoms with Gasteiger partial charge < -0.3 is 0 Å². The monoisotopic (exact) mass is 150 g/mol. The quantitative estimate of drug-likeness (QED) is 0.496. The first-order chi connectivity index (χ1) is 5.02. The summed E-state index contributed by atoms with van der Waals surface area (Å²) in [5, 5.41) is 0. The number of hydrogen-bond acceptors (Lipinski definition) is 0. The van der Waals surface area contributed by atoms with Crippen molar-refractivity contribution in [1.82, 2.24) is 0 Å². The van der Waals surface area contributed by atoms with Crippen LogP contribution in [0.1, 0.15) is 27.7 Å². The van der Waals surface area contributed by atoms with Crippen molar-refractivity contribution in [1.29, 1.82) is 0 Å². The van der Waals surface area contributed by atoms with Gasteiger partial charge in [0.2, 0.25) is 0 Å². The van der Waals surface area contributed by atoms with E-state index in [1.807, 2.05) is 0 Å². The van der Waals surface area contributed by atoms with Gasteiger partial charge in [-0.1, -0.05) is 52.0 Å². The van der Waals surface area contributed by atoms with Gasteiger partial charge in [-0.3, -0.25) is 0 Å². The van der Waals surface area contributed by atoms with Crippen molar-refractivity contribution in [2.75, 3.05) is 0 Å². The standard InChI is InChI=1S/C11H18/c1-9-7-5-6-8-10(9)11(2,3)4/h5-10H,1-4H3. The fourth-order valence-corrected chi connectivity index (χ4v) is 1.80. The predicted molar refractivity (Wildman–Crippen MR) is 50.4 cm³/mol. The minimum atomic E-state index is 0.403. The average molecular weight is 150 g/mol. The molecule has 1 rings (SSSR count). The molecule has 0 spiro atoms. The van der Waals surface area contributed by atoms with Gasteiger partial charge in [-0.25, -0.2) is 0 Å². The van der Waals surface area contributed by atoms with Gasteiger partial charge in [-0.05, 0) is 17.3 Å². The van der Waals surface area contributed by atoms with Crippen LogP contribution in [0.25, 0.3) is 0 Å². The van der Waals surface area contributed by atoms with Crippen molar-refractivity contribution < 1.29 is 0 Å². The van der Waals surface area contributed by atoms with Crippen LogP contribution in [0.5, 0.6) is 0 Å². The van der Waals surface area contributed by atoms with Crippen molar-refractivity contribution in [3.05, 3.63) is 24.3 Å². The van der Waals surface area contributed by atoms with E-state index >= 15 is 0 Å². The molecule has 0 aromatic heterocycles. The van der Waals surface area contributed by atoms with Gasteiger partial charge in [0, 0.05) is 0 Å². The van der Waals surface area contributed by atoms with Gasteiger partial charge in [0.15, 0.2) is 0 Å². The van der Waals surface area contributed by atoms with E-state index in [2.05, 4.69) is 52.0 Å². The van der Waals surface area contributed by atoms with Gasteiger partial charge in [0.1, 0.15) is 0 Å². The SMILES string of the molecule is CC1C=CC=CC1C(C)(C)C. The molecule has 0 saturated carbocycles. The first kappa shape index (κ1) is 8.58. The molecule has 0 aliphatic heterocycles. The average Bonchev–Trinajstić information content (AvgIpc) is 1.86. The van der Waals surface area contributed by atoms with Gasteiger partial charge in [-0.2, -0.15) is 0 Å². The van der Waals surface area contributed by atoms with E-state index in [1.165, 1.54) is 0 Å². The third-order valence-corrected chi connectivity index (χ3v) is 2.41. The number of hydrogen-bond donors (Lipinski definition) is 0. The smallest absolute Gasteiger partial charge is 0.0121 e. The first-order valence-electron chi connectivity index (χ1n) is 4.37. The maximum Gasteiger partial charge on any atom is -0.0121 e. The Balaban J connectivity index is 2.74. The highest BCUT2D eigenvalue weighted by atomic mass is 14.3. The van der Waals surface area contributed by atoms with Gasteiger partial charge >= 0.3 is 0 Å². The van der Waals surface area contributed by atoms with E-state index in [9.17, 15) is 0 Å². The molecule has 0 nitrogen and oxygen atoms in total. The largest absolute Gasteiger partial charge is 0.0811 e. The second kappa shape index (κ2) is 2.84. The van der Waals surface area contributed by atoms with Gasteiger partial charge in [0.05, 0.1) is 0 Å². The molecule has 0 bridgehead atoms. The highest BCUT2D eigenvalue weighted by Gasteiger charge is 2.26. The van der Waals surface area contributed by atoms with Gasteiger partial charge in [-0.15, -0.1) is 0 Å². The zero-order valence-corrected chi connectivity index (χ0v) is 7.96. The summed E-state index contributed by atoms with van der Waals surface area (Å²) in [5.41, 5.74) is 0.403. The Hall–Kier alpha value is -0.520. The lowest BCUT2D eigenvalue weighted by atomic mass is 9.72. The summed E-state index contributed by atoms with van der Waals surface area (Å²) in [5.74, 6) is 1.40. The van der Waals surface area contributed by atoms with Crippen LogP contribution in [0.4, 0.5) is 0 Å². The molecule has 0 radical (unpaired) electrons. The third kappa shape index (κ3) is 1.95. The molecule has 0 saturated heterocycles. The van der Waals surface area contributed by atoms with Crippen molar-refractivity contribution in [3.63, 3.8) is 0 Å². The molecular formula is C11H18. The van der Waals surface area contributed by atoms with E-state index in [0.29, 0.717) is 17.3 Å². The second-order valence-electron chi connectivity index (χ2n) is 4.52. The molecule has 62 valence electrons. The summed E-state index contributed by atoms with van der Waals surface area (Å²) >= 11 is 0. The molecule has 1 aliphatic carbocycles. The van der Waals surface area contributed by atoms with Crippen LogP contribution in [0.2, 0.25) is 0 Å². The molecule has 0 fully saturated rings. The number of allylic oxidation sites excluding steroid dienone is 4. The highest BCUT2D eigenvalue weighted by molar-refractivity contribution is 5.15. The minimum Gasteiger partial charge on any atom is -0.0811 e. The molecular weight excluding hydrogens is 132 g/mol. The van der Waals surface area contributed by atoms with Crippen molar-refractivity contribution in [3.8, 4) is 0 Å². The molecule has 2 atom stereocenters. The molecule has 0 heterocycles. The van der Waals surface area contributed by atoms with Crippen LogP contribution in [-0.2, 0) is 0 Å². The lowest BCUT2D eigenvalue weighted by Gasteiger charge is -2.33. The van der Waals surface area contributed by atoms with E-state index < -0.39 is 0 Å². The van der Waals surface area contributed by atoms with Crippen LogP contribution in [0.15, 0.2) is 24.3 Å². The van der Waals surface area contributed by atoms with Gasteiger partial charge in [0.25, 0.3) is 0 Å². The Morgan fingerprint density at radius 1 is 1.00 bits per heavy atom. The van der Waals surface area contributed by atoms with Crippen LogP contribution in [-0.4, -0.2) is 0 Å². The Morgan fingerprint density at radius 3 is 1.91 bits per heavy atom. The highest BCUT2D eigenvalue weighted by Crippen LogP contribution is 2.35. The fraction of sp³-hybridized carbons (Fsp3) is 0.636. The third-order valence-electron chi connectivity index (χ3n) is 2.41. The molecule has 0 aromatic rings. The molecule has 1 aliphatic rings. The predicted octanol–water partition coefficient (Wildman–Crippen LogP) is 3.41. The topological polar surface area (TPSA) is 0 Å². The molecule has 0 aromatic carbocycles. The van der Waals surface area contributed by atoms with E-state index in [-0.39, 0.29) is 0 Å². The maximum absolute atomic E-state index is 2.32. The van der Waals surface area contributed by atoms with Crippen LogP contribution >= 0.6 is 0 Å². The summed E-state index contributed by atoms with van der Waals surface area (Å²) in [6.07, 6.45) is 8.92. The van der Waals surface area contributed by atoms with E-state index in [0.717, 1.165) is 0 Å². The molecule has 2 unspecified atom stereocenters. The van der Waals surface area contributed by atoms with E-state index in [4.69, 9.17) is 0 Å². The van der Waals surface area contributed by atoms with E-state index in [1.54, 1.807) is 0 Å². The Bertz CT molecular complexity index is 179. The summed E-state index contributed by atoms with van der Waals surface area (Å²) in [7, 11) is 0. The summed E-state index contributed by atoms with van der Waals surface area (Å²) in [6, 6.07) is 0. The normalized spacial score (nSPS) is 30.9. The lowest BCUT2D eigenvalue weighted by molar-refractivity contribution is 0.244. The maximum atomic E-state index is 2.32. The zero-order valence-electron chi connectivity index (χ0n) is 7.96. The fourth-order valence-electron chi connectivity index (χ4n) is 1.80. The Morgan fingerprint density at radius 2 is 1.55 bits per heavy atom. The number of rotatable bonds is 0. The lowest BCUT2D eigenvalue weighted by Crippen LogP contribution is -2.24. The Labute approximate surface area is 70.0 Å². The zero-order chi connectivity index (χ0) is 8.48. The molecule has 11 heavy (non-hydrogen) atoms. The molecule has 0 amide bonds. The van der Waals surface area contributed by atoms with Crippen molar-refractivity contribution in [2.24, 2.45) is 17.3 Å². The second-order valence-corrected chi connectivity index (χ2v) is 4.52. The summed E-state index contributed by atoms with van der Waals surface area (Å²) in [6.45, 7) is 9.20. The Kier molecular flexibility index (Phi) is 2.22. The van der Waals surface area contributed by atoms with Crippen molar-refractivity contribution >= 4 is 0 Å². The first-order valence-corrected chi connectivity index (χ1v) is 4.37.